The van der Waals surface area contributed by atoms with Crippen LogP contribution in [0.15, 0.2) is 24.3 Å². The predicted octanol–water partition coefficient (Wildman–Crippen LogP) is 1.57. The number of nitrogens with zero attached hydrogens (tertiary/aromatic N) is 2. The average Bonchev–Trinajstić information content (AvgIpc) is 2.62. The summed E-state index contributed by atoms with van der Waals surface area (Å²) in [5.74, 6) is -1.68. The lowest BCUT2D eigenvalue weighted by Crippen LogP contribution is -2.47. The zero-order chi connectivity index (χ0) is 18.4. The molecule has 0 aromatic heterocycles. The molecule has 25 heavy (non-hydrogen) atoms. The minimum atomic E-state index is -0.863. The van der Waals surface area contributed by atoms with Crippen molar-refractivity contribution in [2.24, 2.45) is 5.92 Å². The van der Waals surface area contributed by atoms with Crippen molar-refractivity contribution in [3.05, 3.63) is 35.4 Å². The second-order valence-corrected chi connectivity index (χ2v) is 6.61. The van der Waals surface area contributed by atoms with Crippen LogP contribution in [0.4, 0.5) is 0 Å². The van der Waals surface area contributed by atoms with Crippen LogP contribution in [0, 0.1) is 5.92 Å². The molecule has 0 saturated carbocycles. The van der Waals surface area contributed by atoms with Gasteiger partial charge in [0.15, 0.2) is 0 Å². The minimum absolute atomic E-state index is 0.0157. The Labute approximate surface area is 148 Å². The standard InChI is InChI=1S/C19H26N2O4/c1-3-14-6-8-15(9-7-14)11-17(22)20(2)13-18(23)21-10-4-5-16(12-21)19(24)25/h6-9,16H,3-5,10-13H2,1-2H3,(H,24,25). The molecule has 0 spiro atoms. The lowest BCUT2D eigenvalue weighted by atomic mass is 9.98. The molecular weight excluding hydrogens is 320 g/mol. The van der Waals surface area contributed by atoms with Crippen LogP contribution in [0.5, 0.6) is 0 Å². The van der Waals surface area contributed by atoms with E-state index in [0.717, 1.165) is 12.0 Å². The number of carbonyl (C=O) groups is 3. The van der Waals surface area contributed by atoms with Gasteiger partial charge >= 0.3 is 5.97 Å². The number of likely N-dealkylation sites (N-methyl/N-ethyl adjacent to an activating group) is 1. The third-order valence-corrected chi connectivity index (χ3v) is 4.71. The van der Waals surface area contributed by atoms with E-state index in [9.17, 15) is 14.4 Å². The van der Waals surface area contributed by atoms with Crippen molar-refractivity contribution in [1.29, 1.82) is 0 Å². The quantitative estimate of drug-likeness (QED) is 0.848. The Bertz CT molecular complexity index is 627. The normalized spacial score (nSPS) is 17.2. The number of rotatable bonds is 6. The van der Waals surface area contributed by atoms with Crippen LogP contribution in [0.1, 0.15) is 30.9 Å². The second-order valence-electron chi connectivity index (χ2n) is 6.61. The van der Waals surface area contributed by atoms with Crippen LogP contribution < -0.4 is 0 Å². The van der Waals surface area contributed by atoms with Crippen LogP contribution in [0.25, 0.3) is 0 Å². The van der Waals surface area contributed by atoms with Gasteiger partial charge in [-0.25, -0.2) is 0 Å². The first-order chi connectivity index (χ1) is 11.9. The van der Waals surface area contributed by atoms with Gasteiger partial charge in [0, 0.05) is 20.1 Å². The molecule has 1 fully saturated rings. The number of aryl methyl sites for hydroxylation is 1. The summed E-state index contributed by atoms with van der Waals surface area (Å²) in [6.07, 6.45) is 2.49. The van der Waals surface area contributed by atoms with Gasteiger partial charge in [-0.3, -0.25) is 14.4 Å². The van der Waals surface area contributed by atoms with Crippen molar-refractivity contribution in [2.75, 3.05) is 26.7 Å². The van der Waals surface area contributed by atoms with Crippen molar-refractivity contribution < 1.29 is 19.5 Å². The molecular formula is C19H26N2O4. The van der Waals surface area contributed by atoms with E-state index in [1.165, 1.54) is 10.5 Å². The summed E-state index contributed by atoms with van der Waals surface area (Å²) in [7, 11) is 1.61. The van der Waals surface area contributed by atoms with Crippen molar-refractivity contribution in [3.8, 4) is 0 Å². The Balaban J connectivity index is 1.86. The van der Waals surface area contributed by atoms with E-state index in [1.54, 1.807) is 11.9 Å². The van der Waals surface area contributed by atoms with Crippen LogP contribution in [-0.2, 0) is 27.2 Å². The SMILES string of the molecule is CCc1ccc(CC(=O)N(C)CC(=O)N2CCCC(C(=O)O)C2)cc1. The Morgan fingerprint density at radius 2 is 1.84 bits per heavy atom. The Morgan fingerprint density at radius 1 is 1.20 bits per heavy atom. The fraction of sp³-hybridized carbons (Fsp3) is 0.526. The van der Waals surface area contributed by atoms with Gasteiger partial charge in [0.1, 0.15) is 0 Å². The number of benzene rings is 1. The number of carboxylic acid groups (broad SMARTS) is 1. The Hall–Kier alpha value is -2.37. The molecule has 0 bridgehead atoms. The van der Waals surface area contributed by atoms with Gasteiger partial charge in [0.05, 0.1) is 18.9 Å². The van der Waals surface area contributed by atoms with Gasteiger partial charge in [-0.05, 0) is 30.4 Å². The maximum absolute atomic E-state index is 12.4. The zero-order valence-corrected chi connectivity index (χ0v) is 14.9. The van der Waals surface area contributed by atoms with E-state index in [0.29, 0.717) is 19.4 Å². The fourth-order valence-electron chi connectivity index (χ4n) is 3.00. The molecule has 2 rings (SSSR count). The molecule has 0 radical (unpaired) electrons. The van der Waals surface area contributed by atoms with E-state index < -0.39 is 11.9 Å². The number of hydrogen-bond acceptors (Lipinski definition) is 3. The summed E-state index contributed by atoms with van der Waals surface area (Å²) in [6, 6.07) is 7.89. The largest absolute Gasteiger partial charge is 0.481 e. The van der Waals surface area contributed by atoms with Gasteiger partial charge in [0.2, 0.25) is 11.8 Å². The van der Waals surface area contributed by atoms with Crippen LogP contribution in [-0.4, -0.2) is 59.4 Å². The van der Waals surface area contributed by atoms with Crippen LogP contribution in [0.3, 0.4) is 0 Å². The monoisotopic (exact) mass is 346 g/mol. The number of carbonyl (C=O) groups excluding carboxylic acids is 2. The Morgan fingerprint density at radius 3 is 2.44 bits per heavy atom. The van der Waals surface area contributed by atoms with Crippen molar-refractivity contribution in [1.82, 2.24) is 9.80 Å². The molecule has 1 saturated heterocycles. The van der Waals surface area contributed by atoms with E-state index >= 15 is 0 Å². The maximum Gasteiger partial charge on any atom is 0.308 e. The van der Waals surface area contributed by atoms with Gasteiger partial charge in [-0.15, -0.1) is 0 Å². The summed E-state index contributed by atoms with van der Waals surface area (Å²) in [4.78, 5) is 38.7. The highest BCUT2D eigenvalue weighted by Gasteiger charge is 2.28. The molecule has 0 aliphatic carbocycles. The van der Waals surface area contributed by atoms with Crippen LogP contribution in [0.2, 0.25) is 0 Å². The van der Waals surface area contributed by atoms with Gasteiger partial charge in [-0.1, -0.05) is 31.2 Å². The van der Waals surface area contributed by atoms with Crippen molar-refractivity contribution in [3.63, 3.8) is 0 Å². The number of piperidine rings is 1. The molecule has 6 heteroatoms. The molecule has 2 amide bonds. The van der Waals surface area contributed by atoms with E-state index in [2.05, 4.69) is 6.92 Å². The minimum Gasteiger partial charge on any atom is -0.481 e. The van der Waals surface area contributed by atoms with E-state index in [4.69, 9.17) is 5.11 Å². The summed E-state index contributed by atoms with van der Waals surface area (Å²) in [5, 5.41) is 9.11. The highest BCUT2D eigenvalue weighted by atomic mass is 16.4. The maximum atomic E-state index is 12.4. The first-order valence-corrected chi connectivity index (χ1v) is 8.73. The first-order valence-electron chi connectivity index (χ1n) is 8.73. The first kappa shape index (κ1) is 19.0. The average molecular weight is 346 g/mol. The topological polar surface area (TPSA) is 77.9 Å². The molecule has 1 aromatic rings. The molecule has 1 aliphatic rings. The fourth-order valence-corrected chi connectivity index (χ4v) is 3.00. The highest BCUT2D eigenvalue weighted by molar-refractivity contribution is 5.86. The molecule has 1 unspecified atom stereocenters. The summed E-state index contributed by atoms with van der Waals surface area (Å²) < 4.78 is 0. The molecule has 1 atom stereocenters. The van der Waals surface area contributed by atoms with Crippen molar-refractivity contribution in [2.45, 2.75) is 32.6 Å². The highest BCUT2D eigenvalue weighted by Crippen LogP contribution is 2.17. The lowest BCUT2D eigenvalue weighted by molar-refractivity contribution is -0.147. The molecule has 1 aliphatic heterocycles. The Kier molecular flexibility index (Phi) is 6.56. The molecule has 1 aromatic carbocycles. The number of carboxylic acids is 1. The number of likely N-dealkylation sites (tertiary alicyclic amines) is 1. The van der Waals surface area contributed by atoms with Gasteiger partial charge in [0.25, 0.3) is 0 Å². The van der Waals surface area contributed by atoms with E-state index in [1.807, 2.05) is 24.3 Å². The van der Waals surface area contributed by atoms with Gasteiger partial charge < -0.3 is 14.9 Å². The predicted molar refractivity (Wildman–Crippen MR) is 94.1 cm³/mol. The number of aliphatic carboxylic acids is 1. The molecule has 1 heterocycles. The summed E-state index contributed by atoms with van der Waals surface area (Å²) in [5.41, 5.74) is 2.14. The second kappa shape index (κ2) is 8.65. The number of amides is 2. The smallest absolute Gasteiger partial charge is 0.308 e. The van der Waals surface area contributed by atoms with Crippen LogP contribution >= 0.6 is 0 Å². The van der Waals surface area contributed by atoms with Crippen molar-refractivity contribution >= 4 is 17.8 Å². The number of hydrogen-bond donors (Lipinski definition) is 1. The molecule has 6 nitrogen and oxygen atoms in total. The van der Waals surface area contributed by atoms with Gasteiger partial charge in [-0.2, -0.15) is 0 Å². The summed E-state index contributed by atoms with van der Waals surface area (Å²) in [6.45, 7) is 2.85. The third-order valence-electron chi connectivity index (χ3n) is 4.71. The van der Waals surface area contributed by atoms with E-state index in [-0.39, 0.29) is 31.3 Å². The lowest BCUT2D eigenvalue weighted by Gasteiger charge is -2.32. The zero-order valence-electron chi connectivity index (χ0n) is 14.9. The summed E-state index contributed by atoms with van der Waals surface area (Å²) >= 11 is 0. The third kappa shape index (κ3) is 5.31. The molecule has 136 valence electrons. The molecule has 1 N–H and O–H groups in total.